The van der Waals surface area contributed by atoms with Gasteiger partial charge in [0, 0.05) is 5.56 Å². The van der Waals surface area contributed by atoms with Crippen LogP contribution in [0.3, 0.4) is 0 Å². The fraction of sp³-hybridized carbons (Fsp3) is 0.111. The minimum atomic E-state index is 0.722. The lowest BCUT2D eigenvalue weighted by Crippen LogP contribution is -1.74. The summed E-state index contributed by atoms with van der Waals surface area (Å²) in [6, 6.07) is 10.0. The largest absolute Gasteiger partial charge is 0.144 e. The number of rotatable bonds is 0. The highest BCUT2D eigenvalue weighted by Crippen LogP contribution is 1.93. The normalized spacial score (nSPS) is 8.10. The zero-order chi connectivity index (χ0) is 7.23. The monoisotopic (exact) mass is 144 g/mol. The molecule has 0 aliphatic carbocycles. The molecule has 0 aromatic heterocycles. The second kappa shape index (κ2) is 3.92. The van der Waals surface area contributed by atoms with Crippen LogP contribution in [0.2, 0.25) is 6.55 Å². The Bertz CT molecular complexity index is 240. The molecular weight excluding hydrogens is 136 g/mol. The molecule has 1 aromatic rings. The fourth-order valence-corrected chi connectivity index (χ4v) is 0.925. The van der Waals surface area contributed by atoms with Crippen molar-refractivity contribution >= 4 is 9.52 Å². The predicted molar refractivity (Wildman–Crippen MR) is 44.9 cm³/mol. The van der Waals surface area contributed by atoms with Gasteiger partial charge in [-0.3, -0.25) is 0 Å². The molecule has 0 N–H and O–H groups in total. The van der Waals surface area contributed by atoms with E-state index in [0.29, 0.717) is 0 Å². The second-order valence-corrected chi connectivity index (χ2v) is 2.62. The van der Waals surface area contributed by atoms with Gasteiger partial charge in [0.15, 0.2) is 0 Å². The van der Waals surface area contributed by atoms with Gasteiger partial charge >= 0.3 is 0 Å². The predicted octanol–water partition coefficient (Wildman–Crippen LogP) is 1.75. The van der Waals surface area contributed by atoms with Crippen LogP contribution in [-0.4, -0.2) is 9.52 Å². The lowest BCUT2D eigenvalue weighted by Gasteiger charge is -1.84. The van der Waals surface area contributed by atoms with Crippen molar-refractivity contribution in [3.63, 3.8) is 0 Å². The number of hydrogen-bond acceptors (Lipinski definition) is 0. The van der Waals surface area contributed by atoms with Gasteiger partial charge in [-0.15, -0.1) is 5.54 Å². The molecule has 0 saturated heterocycles. The van der Waals surface area contributed by atoms with Crippen molar-refractivity contribution in [2.45, 2.75) is 6.55 Å². The first-order valence-corrected chi connectivity index (χ1v) is 4.66. The molecule has 0 spiro atoms. The van der Waals surface area contributed by atoms with E-state index in [1.807, 2.05) is 30.3 Å². The molecule has 1 rings (SSSR count). The van der Waals surface area contributed by atoms with E-state index in [9.17, 15) is 0 Å². The van der Waals surface area contributed by atoms with Crippen LogP contribution in [0.25, 0.3) is 0 Å². The van der Waals surface area contributed by atoms with Crippen LogP contribution in [0.5, 0.6) is 0 Å². The average Bonchev–Trinajstić information content (AvgIpc) is 2.03. The van der Waals surface area contributed by atoms with Gasteiger partial charge in [-0.25, -0.2) is 0 Å². The average molecular weight is 144 g/mol. The van der Waals surface area contributed by atoms with Crippen LogP contribution in [0.4, 0.5) is 0 Å². The Balaban J connectivity index is 2.76. The summed E-state index contributed by atoms with van der Waals surface area (Å²) in [5, 5.41) is 0. The zero-order valence-corrected chi connectivity index (χ0v) is 6.89. The van der Waals surface area contributed by atoms with E-state index in [1.54, 1.807) is 0 Å². The minimum Gasteiger partial charge on any atom is -0.130 e. The smallest absolute Gasteiger partial charge is 0.130 e. The van der Waals surface area contributed by atoms with Crippen LogP contribution in [-0.2, 0) is 0 Å². The molecule has 0 atom stereocenters. The molecule has 10 heavy (non-hydrogen) atoms. The maximum Gasteiger partial charge on any atom is 0.144 e. The molecule has 0 aliphatic heterocycles. The molecule has 0 heterocycles. The molecule has 0 nitrogen and oxygen atoms in total. The quantitative estimate of drug-likeness (QED) is 0.384. The molecular formula is C9H8Si. The van der Waals surface area contributed by atoms with Gasteiger partial charge in [0.05, 0.1) is 0 Å². The summed E-state index contributed by atoms with van der Waals surface area (Å²) >= 11 is 0. The Labute approximate surface area is 64.1 Å². The summed E-state index contributed by atoms with van der Waals surface area (Å²) in [6.07, 6.45) is 0. The summed E-state index contributed by atoms with van der Waals surface area (Å²) < 4.78 is 0. The molecule has 1 aromatic carbocycles. The summed E-state index contributed by atoms with van der Waals surface area (Å²) in [5.74, 6) is 3.06. The van der Waals surface area contributed by atoms with Crippen LogP contribution < -0.4 is 0 Å². The standard InChI is InChI=1S/C9H8Si/c1-10-8-7-9-5-3-2-4-6-9/h2-6H,1H3. The van der Waals surface area contributed by atoms with Crippen molar-refractivity contribution < 1.29 is 0 Å². The topological polar surface area (TPSA) is 0 Å². The van der Waals surface area contributed by atoms with Crippen molar-refractivity contribution in [2.75, 3.05) is 0 Å². The van der Waals surface area contributed by atoms with E-state index in [2.05, 4.69) is 18.0 Å². The van der Waals surface area contributed by atoms with E-state index in [-0.39, 0.29) is 0 Å². The van der Waals surface area contributed by atoms with Crippen LogP contribution in [0.1, 0.15) is 5.56 Å². The highest BCUT2D eigenvalue weighted by Gasteiger charge is 1.78. The SMILES string of the molecule is C[Si]C#Cc1ccccc1. The molecule has 0 fully saturated rings. The minimum absolute atomic E-state index is 0.722. The molecule has 0 saturated carbocycles. The van der Waals surface area contributed by atoms with Gasteiger partial charge < -0.3 is 0 Å². The van der Waals surface area contributed by atoms with Gasteiger partial charge in [0.25, 0.3) is 0 Å². The van der Waals surface area contributed by atoms with Gasteiger partial charge in [-0.1, -0.05) is 30.7 Å². The summed E-state index contributed by atoms with van der Waals surface area (Å²) in [7, 11) is 0.722. The van der Waals surface area contributed by atoms with E-state index in [1.165, 1.54) is 0 Å². The van der Waals surface area contributed by atoms with E-state index < -0.39 is 0 Å². The van der Waals surface area contributed by atoms with Crippen LogP contribution in [0, 0.1) is 11.5 Å². The highest BCUT2D eigenvalue weighted by molar-refractivity contribution is 6.44. The Hall–Kier alpha value is -1.00. The Morgan fingerprint density at radius 1 is 1.20 bits per heavy atom. The van der Waals surface area contributed by atoms with Gasteiger partial charge in [-0.2, -0.15) is 0 Å². The van der Waals surface area contributed by atoms with Crippen LogP contribution >= 0.6 is 0 Å². The van der Waals surface area contributed by atoms with Gasteiger partial charge in [0.2, 0.25) is 0 Å². The highest BCUT2D eigenvalue weighted by atomic mass is 28.2. The number of hydrogen-bond donors (Lipinski definition) is 0. The molecule has 0 unspecified atom stereocenters. The molecule has 0 aliphatic rings. The summed E-state index contributed by atoms with van der Waals surface area (Å²) in [5.41, 5.74) is 4.15. The second-order valence-electron chi connectivity index (χ2n) is 1.87. The summed E-state index contributed by atoms with van der Waals surface area (Å²) in [4.78, 5) is 0. The lowest BCUT2D eigenvalue weighted by molar-refractivity contribution is 1.65. The first-order chi connectivity index (χ1) is 4.93. The van der Waals surface area contributed by atoms with Crippen LogP contribution in [0.15, 0.2) is 30.3 Å². The Kier molecular flexibility index (Phi) is 2.78. The van der Waals surface area contributed by atoms with Crippen molar-refractivity contribution in [1.29, 1.82) is 0 Å². The molecule has 0 amide bonds. The third-order valence-corrected chi connectivity index (χ3v) is 1.48. The van der Waals surface area contributed by atoms with Gasteiger partial charge in [0.1, 0.15) is 9.52 Å². The van der Waals surface area contributed by atoms with E-state index in [4.69, 9.17) is 0 Å². The van der Waals surface area contributed by atoms with Gasteiger partial charge in [-0.05, 0) is 12.1 Å². The zero-order valence-electron chi connectivity index (χ0n) is 5.89. The number of benzene rings is 1. The third kappa shape index (κ3) is 2.08. The van der Waals surface area contributed by atoms with Crippen molar-refractivity contribution in [3.8, 4) is 11.5 Å². The van der Waals surface area contributed by atoms with Crippen molar-refractivity contribution in [2.24, 2.45) is 0 Å². The van der Waals surface area contributed by atoms with Crippen molar-refractivity contribution in [1.82, 2.24) is 0 Å². The first kappa shape index (κ1) is 7.11. The maximum absolute atomic E-state index is 3.06. The molecule has 2 radical (unpaired) electrons. The molecule has 1 heteroatoms. The van der Waals surface area contributed by atoms with Crippen molar-refractivity contribution in [3.05, 3.63) is 35.9 Å². The fourth-order valence-electron chi connectivity index (χ4n) is 0.656. The summed E-state index contributed by atoms with van der Waals surface area (Å²) in [6.45, 7) is 2.08. The Morgan fingerprint density at radius 3 is 2.50 bits per heavy atom. The maximum atomic E-state index is 3.06. The Morgan fingerprint density at radius 2 is 1.90 bits per heavy atom. The third-order valence-electron chi connectivity index (χ3n) is 1.11. The first-order valence-electron chi connectivity index (χ1n) is 3.16. The van der Waals surface area contributed by atoms with E-state index >= 15 is 0 Å². The molecule has 48 valence electrons. The molecule has 0 bridgehead atoms. The van der Waals surface area contributed by atoms with E-state index in [0.717, 1.165) is 15.1 Å². The lowest BCUT2D eigenvalue weighted by atomic mass is 10.2.